The van der Waals surface area contributed by atoms with Crippen molar-refractivity contribution in [1.29, 1.82) is 0 Å². The normalized spacial score (nSPS) is 25.2. The smallest absolute Gasteiger partial charge is 0.254 e. The summed E-state index contributed by atoms with van der Waals surface area (Å²) in [5.74, 6) is 2.03. The van der Waals surface area contributed by atoms with Gasteiger partial charge in [-0.2, -0.15) is 0 Å². The lowest BCUT2D eigenvalue weighted by Crippen LogP contribution is -2.69. The van der Waals surface area contributed by atoms with Crippen LogP contribution in [0.15, 0.2) is 24.3 Å². The van der Waals surface area contributed by atoms with Crippen molar-refractivity contribution in [2.24, 2.45) is 11.8 Å². The monoisotopic (exact) mass is 344 g/mol. The zero-order chi connectivity index (χ0) is 17.4. The minimum absolute atomic E-state index is 0.0889. The molecule has 2 heterocycles. The van der Waals surface area contributed by atoms with E-state index in [9.17, 15) is 9.90 Å². The molecule has 25 heavy (non-hydrogen) atoms. The molecule has 2 saturated heterocycles. The lowest BCUT2D eigenvalue weighted by molar-refractivity contribution is -0.0200. The lowest BCUT2D eigenvalue weighted by atomic mass is 9.84. The van der Waals surface area contributed by atoms with Crippen LogP contribution in [0.2, 0.25) is 0 Å². The summed E-state index contributed by atoms with van der Waals surface area (Å²) < 4.78 is 5.51. The Morgan fingerprint density at radius 1 is 1.32 bits per heavy atom. The number of carbonyl (C=O) groups excluding carboxylic acids is 1. The number of ether oxygens (including phenoxy) is 1. The number of rotatable bonds is 6. The second-order valence-corrected chi connectivity index (χ2v) is 7.95. The quantitative estimate of drug-likeness (QED) is 0.858. The van der Waals surface area contributed by atoms with Crippen LogP contribution >= 0.6 is 0 Å². The summed E-state index contributed by atoms with van der Waals surface area (Å²) in [7, 11) is 0. The van der Waals surface area contributed by atoms with Crippen molar-refractivity contribution in [3.05, 3.63) is 29.8 Å². The molecule has 136 valence electrons. The zero-order valence-corrected chi connectivity index (χ0v) is 15.0. The third-order valence-electron chi connectivity index (χ3n) is 5.90. The van der Waals surface area contributed by atoms with Gasteiger partial charge in [0.25, 0.3) is 5.91 Å². The summed E-state index contributed by atoms with van der Waals surface area (Å²) in [6, 6.07) is 7.47. The molecule has 0 unspecified atom stereocenters. The Labute approximate surface area is 149 Å². The molecule has 1 aromatic rings. The minimum atomic E-state index is 0.0889. The Bertz CT molecular complexity index is 638. The van der Waals surface area contributed by atoms with Gasteiger partial charge in [-0.3, -0.25) is 9.69 Å². The zero-order valence-electron chi connectivity index (χ0n) is 15.0. The molecule has 1 spiro atoms. The maximum Gasteiger partial charge on any atom is 0.254 e. The van der Waals surface area contributed by atoms with Gasteiger partial charge in [-0.05, 0) is 56.2 Å². The average Bonchev–Trinajstić information content (AvgIpc) is 3.32. The number of hydrogen-bond donors (Lipinski definition) is 1. The van der Waals surface area contributed by atoms with E-state index >= 15 is 0 Å². The SMILES string of the molecule is CCOc1cccc(C(=O)N2CC3(C[C@H](CO)CN3CC3CC3)C2)c1. The van der Waals surface area contributed by atoms with Crippen LogP contribution < -0.4 is 4.74 Å². The summed E-state index contributed by atoms with van der Waals surface area (Å²) in [5.41, 5.74) is 0.801. The fourth-order valence-corrected chi connectivity index (χ4v) is 4.44. The van der Waals surface area contributed by atoms with Crippen LogP contribution in [-0.4, -0.2) is 65.7 Å². The highest BCUT2D eigenvalue weighted by atomic mass is 16.5. The van der Waals surface area contributed by atoms with Gasteiger partial charge in [-0.15, -0.1) is 0 Å². The van der Waals surface area contributed by atoms with Crippen molar-refractivity contribution in [2.45, 2.75) is 31.7 Å². The fourth-order valence-electron chi connectivity index (χ4n) is 4.44. The molecule has 1 aromatic carbocycles. The molecule has 2 aliphatic heterocycles. The van der Waals surface area contributed by atoms with Crippen molar-refractivity contribution in [3.63, 3.8) is 0 Å². The van der Waals surface area contributed by atoms with Gasteiger partial charge in [0, 0.05) is 38.3 Å². The third kappa shape index (κ3) is 3.27. The number of likely N-dealkylation sites (tertiary alicyclic amines) is 2. The molecule has 0 bridgehead atoms. The Hall–Kier alpha value is -1.59. The van der Waals surface area contributed by atoms with Gasteiger partial charge in [0.2, 0.25) is 0 Å². The first-order valence-electron chi connectivity index (χ1n) is 9.51. The summed E-state index contributed by atoms with van der Waals surface area (Å²) in [5, 5.41) is 9.60. The van der Waals surface area contributed by atoms with Crippen molar-refractivity contribution in [2.75, 3.05) is 39.4 Å². The number of hydrogen-bond acceptors (Lipinski definition) is 4. The Morgan fingerprint density at radius 2 is 2.12 bits per heavy atom. The van der Waals surface area contributed by atoms with Gasteiger partial charge in [0.05, 0.1) is 12.1 Å². The fraction of sp³-hybridized carbons (Fsp3) is 0.650. The van der Waals surface area contributed by atoms with E-state index in [0.717, 1.165) is 44.3 Å². The molecule has 1 amide bonds. The molecular formula is C20H28N2O3. The van der Waals surface area contributed by atoms with E-state index < -0.39 is 0 Å². The second kappa shape index (κ2) is 6.61. The second-order valence-electron chi connectivity index (χ2n) is 7.95. The Balaban J connectivity index is 1.42. The molecule has 4 rings (SSSR count). The molecule has 5 nitrogen and oxygen atoms in total. The van der Waals surface area contributed by atoms with Crippen LogP contribution in [-0.2, 0) is 0 Å². The number of amides is 1. The molecule has 3 fully saturated rings. The summed E-state index contributed by atoms with van der Waals surface area (Å²) in [4.78, 5) is 17.3. The van der Waals surface area contributed by atoms with E-state index in [0.29, 0.717) is 18.1 Å². The molecule has 1 atom stereocenters. The molecule has 3 aliphatic rings. The van der Waals surface area contributed by atoms with E-state index in [2.05, 4.69) is 4.90 Å². The first kappa shape index (κ1) is 16.9. The number of benzene rings is 1. The maximum atomic E-state index is 12.8. The third-order valence-corrected chi connectivity index (χ3v) is 5.90. The van der Waals surface area contributed by atoms with E-state index in [-0.39, 0.29) is 18.1 Å². The van der Waals surface area contributed by atoms with Crippen LogP contribution in [0.4, 0.5) is 0 Å². The number of nitrogens with zero attached hydrogens (tertiary/aromatic N) is 2. The highest BCUT2D eigenvalue weighted by Crippen LogP contribution is 2.43. The van der Waals surface area contributed by atoms with Gasteiger partial charge in [0.1, 0.15) is 5.75 Å². The standard InChI is InChI=1S/C20H28N2O3/c1-2-25-18-5-3-4-17(8-18)19(24)21-13-20(14-21)9-16(12-23)11-22(20)10-15-6-7-15/h3-5,8,15-16,23H,2,6-7,9-14H2,1H3/t16-/m0/s1. The van der Waals surface area contributed by atoms with Gasteiger partial charge < -0.3 is 14.7 Å². The Kier molecular flexibility index (Phi) is 4.46. The van der Waals surface area contributed by atoms with Gasteiger partial charge in [0.15, 0.2) is 0 Å². The topological polar surface area (TPSA) is 53.0 Å². The van der Waals surface area contributed by atoms with Crippen LogP contribution in [0.25, 0.3) is 0 Å². The summed E-state index contributed by atoms with van der Waals surface area (Å²) in [6.07, 6.45) is 3.69. The summed E-state index contributed by atoms with van der Waals surface area (Å²) in [6.45, 7) is 6.49. The largest absolute Gasteiger partial charge is 0.494 e. The lowest BCUT2D eigenvalue weighted by Gasteiger charge is -2.53. The Morgan fingerprint density at radius 3 is 2.80 bits per heavy atom. The summed E-state index contributed by atoms with van der Waals surface area (Å²) >= 11 is 0. The molecule has 1 saturated carbocycles. The molecule has 0 aromatic heterocycles. The first-order chi connectivity index (χ1) is 12.1. The van der Waals surface area contributed by atoms with Crippen molar-refractivity contribution in [3.8, 4) is 5.75 Å². The highest BCUT2D eigenvalue weighted by Gasteiger charge is 2.55. The molecule has 1 N–H and O–H groups in total. The first-order valence-corrected chi connectivity index (χ1v) is 9.51. The van der Waals surface area contributed by atoms with Crippen molar-refractivity contribution in [1.82, 2.24) is 9.80 Å². The molecule has 0 radical (unpaired) electrons. The van der Waals surface area contributed by atoms with Crippen molar-refractivity contribution >= 4 is 5.91 Å². The van der Waals surface area contributed by atoms with E-state index in [4.69, 9.17) is 4.74 Å². The van der Waals surface area contributed by atoms with Crippen LogP contribution in [0.3, 0.4) is 0 Å². The predicted molar refractivity (Wildman–Crippen MR) is 95.7 cm³/mol. The molecular weight excluding hydrogens is 316 g/mol. The maximum absolute atomic E-state index is 12.8. The average molecular weight is 344 g/mol. The van der Waals surface area contributed by atoms with Crippen LogP contribution in [0, 0.1) is 11.8 Å². The van der Waals surface area contributed by atoms with E-state index in [1.165, 1.54) is 12.8 Å². The number of aliphatic hydroxyl groups is 1. The van der Waals surface area contributed by atoms with E-state index in [1.807, 2.05) is 36.1 Å². The molecule has 5 heteroatoms. The van der Waals surface area contributed by atoms with Crippen molar-refractivity contribution < 1.29 is 14.6 Å². The van der Waals surface area contributed by atoms with Crippen LogP contribution in [0.1, 0.15) is 36.5 Å². The highest BCUT2D eigenvalue weighted by molar-refractivity contribution is 5.95. The molecule has 1 aliphatic carbocycles. The van der Waals surface area contributed by atoms with Crippen LogP contribution in [0.5, 0.6) is 5.75 Å². The van der Waals surface area contributed by atoms with Gasteiger partial charge in [-0.25, -0.2) is 0 Å². The number of carbonyl (C=O) groups is 1. The minimum Gasteiger partial charge on any atom is -0.494 e. The van der Waals surface area contributed by atoms with Gasteiger partial charge >= 0.3 is 0 Å². The van der Waals surface area contributed by atoms with E-state index in [1.54, 1.807) is 0 Å². The number of aliphatic hydroxyl groups excluding tert-OH is 1. The predicted octanol–water partition coefficient (Wildman–Crippen LogP) is 2.00. The van der Waals surface area contributed by atoms with Gasteiger partial charge in [-0.1, -0.05) is 6.07 Å².